The monoisotopic (exact) mass is 223 g/mol. The van der Waals surface area contributed by atoms with Gasteiger partial charge in [-0.2, -0.15) is 0 Å². The smallest absolute Gasteiger partial charge is 0.358 e. The highest BCUT2D eigenvalue weighted by Gasteiger charge is 2.21. The van der Waals surface area contributed by atoms with Gasteiger partial charge < -0.3 is 14.2 Å². The molecule has 5 nitrogen and oxygen atoms in total. The Hall–Kier alpha value is -1.36. The zero-order valence-corrected chi connectivity index (χ0v) is 9.77. The van der Waals surface area contributed by atoms with Crippen molar-refractivity contribution in [2.24, 2.45) is 0 Å². The third kappa shape index (κ3) is 2.09. The Morgan fingerprint density at radius 3 is 3.12 bits per heavy atom. The van der Waals surface area contributed by atoms with Crippen LogP contribution in [0.15, 0.2) is 6.33 Å². The summed E-state index contributed by atoms with van der Waals surface area (Å²) in [7, 11) is 2.05. The van der Waals surface area contributed by atoms with Crippen molar-refractivity contribution in [1.82, 2.24) is 14.5 Å². The number of carbonyl (C=O) groups excluding carboxylic acids is 1. The standard InChI is InChI=1S/C11H17N3O2/c1-3-16-11(15)10-9-7-13(2)5-4-6-14(9)8-12-10/h8H,3-7H2,1-2H3. The molecule has 2 heterocycles. The molecule has 0 aromatic carbocycles. The van der Waals surface area contributed by atoms with E-state index >= 15 is 0 Å². The molecule has 16 heavy (non-hydrogen) atoms. The van der Waals surface area contributed by atoms with E-state index in [9.17, 15) is 4.79 Å². The highest BCUT2D eigenvalue weighted by molar-refractivity contribution is 5.88. The van der Waals surface area contributed by atoms with E-state index in [0.717, 1.165) is 31.7 Å². The topological polar surface area (TPSA) is 47.4 Å². The molecular weight excluding hydrogens is 206 g/mol. The number of hydrogen-bond acceptors (Lipinski definition) is 4. The van der Waals surface area contributed by atoms with Crippen molar-refractivity contribution in [2.45, 2.75) is 26.4 Å². The summed E-state index contributed by atoms with van der Waals surface area (Å²) < 4.78 is 7.05. The highest BCUT2D eigenvalue weighted by atomic mass is 16.5. The molecule has 0 aliphatic carbocycles. The summed E-state index contributed by atoms with van der Waals surface area (Å²) in [6.45, 7) is 4.92. The first-order chi connectivity index (χ1) is 7.72. The molecule has 1 aliphatic rings. The van der Waals surface area contributed by atoms with Crippen LogP contribution in [0.4, 0.5) is 0 Å². The molecular formula is C11H17N3O2. The molecule has 0 saturated carbocycles. The molecule has 0 spiro atoms. The number of fused-ring (bicyclic) bond motifs is 1. The zero-order chi connectivity index (χ0) is 11.5. The van der Waals surface area contributed by atoms with Crippen LogP contribution < -0.4 is 0 Å². The lowest BCUT2D eigenvalue weighted by molar-refractivity contribution is 0.0517. The minimum absolute atomic E-state index is 0.313. The summed E-state index contributed by atoms with van der Waals surface area (Å²) in [6, 6.07) is 0. The normalized spacial score (nSPS) is 16.6. The third-order valence-corrected chi connectivity index (χ3v) is 2.77. The van der Waals surface area contributed by atoms with E-state index < -0.39 is 0 Å². The van der Waals surface area contributed by atoms with Gasteiger partial charge in [-0.3, -0.25) is 0 Å². The van der Waals surface area contributed by atoms with Crippen LogP contribution in [0.5, 0.6) is 0 Å². The largest absolute Gasteiger partial charge is 0.461 e. The van der Waals surface area contributed by atoms with Crippen LogP contribution in [0.1, 0.15) is 29.5 Å². The number of rotatable bonds is 2. The molecule has 88 valence electrons. The fourth-order valence-electron chi connectivity index (χ4n) is 1.98. The maximum absolute atomic E-state index is 11.7. The van der Waals surface area contributed by atoms with Gasteiger partial charge in [0.2, 0.25) is 0 Å². The van der Waals surface area contributed by atoms with E-state index in [2.05, 4.69) is 21.5 Å². The first kappa shape index (κ1) is 11.1. The molecule has 0 amide bonds. The molecule has 1 aromatic heterocycles. The number of imidazole rings is 1. The van der Waals surface area contributed by atoms with Gasteiger partial charge >= 0.3 is 5.97 Å². The van der Waals surface area contributed by atoms with E-state index in [1.165, 1.54) is 0 Å². The van der Waals surface area contributed by atoms with E-state index in [1.54, 1.807) is 13.3 Å². The van der Waals surface area contributed by atoms with Gasteiger partial charge in [0, 0.05) is 13.1 Å². The summed E-state index contributed by atoms with van der Waals surface area (Å²) in [4.78, 5) is 18.0. The number of nitrogens with zero attached hydrogens (tertiary/aromatic N) is 3. The maximum atomic E-state index is 11.7. The molecule has 2 rings (SSSR count). The summed E-state index contributed by atoms with van der Waals surface area (Å²) in [5.41, 5.74) is 1.44. The summed E-state index contributed by atoms with van der Waals surface area (Å²) >= 11 is 0. The second-order valence-electron chi connectivity index (χ2n) is 4.05. The second-order valence-corrected chi connectivity index (χ2v) is 4.05. The molecule has 0 saturated heterocycles. The van der Waals surface area contributed by atoms with Crippen LogP contribution in [0.2, 0.25) is 0 Å². The highest BCUT2D eigenvalue weighted by Crippen LogP contribution is 2.15. The number of carbonyl (C=O) groups is 1. The van der Waals surface area contributed by atoms with E-state index in [1.807, 2.05) is 0 Å². The molecule has 0 N–H and O–H groups in total. The van der Waals surface area contributed by atoms with Crippen molar-refractivity contribution in [3.05, 3.63) is 17.7 Å². The van der Waals surface area contributed by atoms with Crippen molar-refractivity contribution in [1.29, 1.82) is 0 Å². The molecule has 0 bridgehead atoms. The van der Waals surface area contributed by atoms with Crippen molar-refractivity contribution < 1.29 is 9.53 Å². The molecule has 1 aliphatic heterocycles. The Kier molecular flexibility index (Phi) is 3.24. The van der Waals surface area contributed by atoms with Crippen LogP contribution in [-0.2, 0) is 17.8 Å². The average molecular weight is 223 g/mol. The number of hydrogen-bond donors (Lipinski definition) is 0. The maximum Gasteiger partial charge on any atom is 0.358 e. The van der Waals surface area contributed by atoms with Gasteiger partial charge in [0.05, 0.1) is 18.6 Å². The molecule has 0 atom stereocenters. The predicted octanol–water partition coefficient (Wildman–Crippen LogP) is 0.895. The Bertz CT molecular complexity index is 387. The van der Waals surface area contributed by atoms with Gasteiger partial charge in [-0.1, -0.05) is 0 Å². The quantitative estimate of drug-likeness (QED) is 0.699. The van der Waals surface area contributed by atoms with Crippen molar-refractivity contribution in [3.8, 4) is 0 Å². The lowest BCUT2D eigenvalue weighted by Crippen LogP contribution is -2.19. The van der Waals surface area contributed by atoms with Gasteiger partial charge in [0.15, 0.2) is 5.69 Å². The minimum atomic E-state index is -0.313. The molecule has 1 aromatic rings. The fourth-order valence-corrected chi connectivity index (χ4v) is 1.98. The Labute approximate surface area is 95.0 Å². The SMILES string of the molecule is CCOC(=O)c1ncn2c1CN(C)CCC2. The van der Waals surface area contributed by atoms with Gasteiger partial charge in [-0.05, 0) is 26.9 Å². The first-order valence-electron chi connectivity index (χ1n) is 5.62. The zero-order valence-electron chi connectivity index (χ0n) is 9.77. The Morgan fingerprint density at radius 2 is 2.38 bits per heavy atom. The second kappa shape index (κ2) is 4.65. The first-order valence-corrected chi connectivity index (χ1v) is 5.62. The van der Waals surface area contributed by atoms with Crippen LogP contribution in [0, 0.1) is 0 Å². The van der Waals surface area contributed by atoms with Gasteiger partial charge in [0.1, 0.15) is 0 Å². The number of ether oxygens (including phenoxy) is 1. The van der Waals surface area contributed by atoms with Gasteiger partial charge in [-0.15, -0.1) is 0 Å². The molecule has 0 unspecified atom stereocenters. The summed E-state index contributed by atoms with van der Waals surface area (Å²) in [5, 5.41) is 0. The lowest BCUT2D eigenvalue weighted by atomic mass is 10.3. The van der Waals surface area contributed by atoms with Crippen LogP contribution in [-0.4, -0.2) is 40.6 Å². The van der Waals surface area contributed by atoms with E-state index in [-0.39, 0.29) is 5.97 Å². The van der Waals surface area contributed by atoms with Gasteiger partial charge in [0.25, 0.3) is 0 Å². The Balaban J connectivity index is 2.27. The van der Waals surface area contributed by atoms with Gasteiger partial charge in [-0.25, -0.2) is 9.78 Å². The predicted molar refractivity (Wildman–Crippen MR) is 59.1 cm³/mol. The minimum Gasteiger partial charge on any atom is -0.461 e. The number of esters is 1. The molecule has 5 heteroatoms. The van der Waals surface area contributed by atoms with Crippen LogP contribution in [0.3, 0.4) is 0 Å². The number of aromatic nitrogens is 2. The lowest BCUT2D eigenvalue weighted by Gasteiger charge is -2.12. The van der Waals surface area contributed by atoms with Crippen molar-refractivity contribution >= 4 is 5.97 Å². The molecule has 0 radical (unpaired) electrons. The Morgan fingerprint density at radius 1 is 1.56 bits per heavy atom. The molecule has 0 fully saturated rings. The number of aryl methyl sites for hydroxylation is 1. The third-order valence-electron chi connectivity index (χ3n) is 2.77. The van der Waals surface area contributed by atoms with Crippen molar-refractivity contribution in [3.63, 3.8) is 0 Å². The summed E-state index contributed by atoms with van der Waals surface area (Å²) in [6.07, 6.45) is 2.82. The van der Waals surface area contributed by atoms with Crippen molar-refractivity contribution in [2.75, 3.05) is 20.2 Å². The fraction of sp³-hybridized carbons (Fsp3) is 0.636. The van der Waals surface area contributed by atoms with E-state index in [0.29, 0.717) is 12.3 Å². The van der Waals surface area contributed by atoms with Crippen LogP contribution >= 0.6 is 0 Å². The summed E-state index contributed by atoms with van der Waals surface area (Å²) in [5.74, 6) is -0.313. The van der Waals surface area contributed by atoms with E-state index in [4.69, 9.17) is 4.74 Å². The average Bonchev–Trinajstić information content (AvgIpc) is 2.53. The van der Waals surface area contributed by atoms with Crippen LogP contribution in [0.25, 0.3) is 0 Å².